The Labute approximate surface area is 191 Å². The fourth-order valence-corrected chi connectivity index (χ4v) is 5.27. The molecule has 166 valence electrons. The molecule has 1 amide bonds. The number of carbonyl (C=O) groups excluding carboxylic acids is 1. The fourth-order valence-electron chi connectivity index (χ4n) is 5.27. The fraction of sp³-hybridized carbons (Fsp3) is 0.480. The average Bonchev–Trinajstić information content (AvgIpc) is 3.58. The van der Waals surface area contributed by atoms with E-state index in [2.05, 4.69) is 60.0 Å². The van der Waals surface area contributed by atoms with Crippen LogP contribution in [0.3, 0.4) is 0 Å². The molecule has 2 fully saturated rings. The molecule has 1 saturated heterocycles. The van der Waals surface area contributed by atoms with Crippen molar-refractivity contribution in [3.05, 3.63) is 59.2 Å². The number of amides is 1. The van der Waals surface area contributed by atoms with Crippen LogP contribution >= 0.6 is 12.4 Å². The Kier molecular flexibility index (Phi) is 6.29. The molecule has 0 spiro atoms. The molecule has 0 unspecified atom stereocenters. The first kappa shape index (κ1) is 22.1. The monoisotopic (exact) mass is 441 g/mol. The second kappa shape index (κ2) is 8.81. The molecule has 5 atom stereocenters. The van der Waals surface area contributed by atoms with Crippen LogP contribution in [0.2, 0.25) is 0 Å². The smallest absolute Gasteiger partial charge is 0.230 e. The van der Waals surface area contributed by atoms with Crippen LogP contribution < -0.4 is 20.3 Å². The number of carbonyl (C=O) groups is 1. The van der Waals surface area contributed by atoms with Gasteiger partial charge >= 0.3 is 0 Å². The van der Waals surface area contributed by atoms with Crippen LogP contribution in [0.15, 0.2) is 42.5 Å². The van der Waals surface area contributed by atoms with E-state index in [1.807, 2.05) is 11.9 Å². The summed E-state index contributed by atoms with van der Waals surface area (Å²) < 4.78 is 5.75. The number of rotatable bonds is 5. The van der Waals surface area contributed by atoms with Crippen LogP contribution in [-0.2, 0) is 11.3 Å². The molecule has 6 heteroatoms. The zero-order valence-electron chi connectivity index (χ0n) is 18.4. The van der Waals surface area contributed by atoms with Gasteiger partial charge in [0.2, 0.25) is 5.91 Å². The van der Waals surface area contributed by atoms with Crippen LogP contribution in [0.5, 0.6) is 5.75 Å². The van der Waals surface area contributed by atoms with E-state index >= 15 is 0 Å². The van der Waals surface area contributed by atoms with E-state index in [-0.39, 0.29) is 30.3 Å². The lowest BCUT2D eigenvalue weighted by molar-refractivity contribution is -0.119. The van der Waals surface area contributed by atoms with Gasteiger partial charge in [-0.15, -0.1) is 12.4 Å². The number of hydrogen-bond donors (Lipinski definition) is 2. The van der Waals surface area contributed by atoms with Gasteiger partial charge in [0.25, 0.3) is 0 Å². The minimum Gasteiger partial charge on any atom is -0.496 e. The summed E-state index contributed by atoms with van der Waals surface area (Å²) in [6, 6.07) is 16.2. The number of benzene rings is 2. The molecule has 2 aromatic rings. The first-order chi connectivity index (χ1) is 14.6. The third-order valence-corrected chi connectivity index (χ3v) is 7.12. The van der Waals surface area contributed by atoms with E-state index in [0.717, 1.165) is 42.8 Å². The first-order valence-corrected chi connectivity index (χ1v) is 11.1. The predicted octanol–water partition coefficient (Wildman–Crippen LogP) is 4.17. The van der Waals surface area contributed by atoms with Gasteiger partial charge in [-0.1, -0.05) is 30.3 Å². The molecule has 5 rings (SSSR count). The van der Waals surface area contributed by atoms with E-state index in [0.29, 0.717) is 18.0 Å². The van der Waals surface area contributed by atoms with Crippen molar-refractivity contribution in [3.8, 4) is 5.75 Å². The molecule has 0 bridgehead atoms. The van der Waals surface area contributed by atoms with Gasteiger partial charge in [-0.2, -0.15) is 0 Å². The molecule has 3 aliphatic rings. The van der Waals surface area contributed by atoms with Crippen molar-refractivity contribution in [1.82, 2.24) is 10.6 Å². The maximum atomic E-state index is 12.5. The van der Waals surface area contributed by atoms with Crippen molar-refractivity contribution < 1.29 is 9.53 Å². The highest BCUT2D eigenvalue weighted by Crippen LogP contribution is 2.56. The molecule has 1 saturated carbocycles. The van der Waals surface area contributed by atoms with Crippen molar-refractivity contribution in [3.63, 3.8) is 0 Å². The third kappa shape index (κ3) is 4.07. The number of piperidine rings is 1. The molecule has 0 aromatic heterocycles. The topological polar surface area (TPSA) is 53.6 Å². The highest BCUT2D eigenvalue weighted by Gasteiger charge is 2.50. The van der Waals surface area contributed by atoms with Crippen molar-refractivity contribution in [2.24, 2.45) is 5.92 Å². The summed E-state index contributed by atoms with van der Waals surface area (Å²) >= 11 is 0. The normalized spacial score (nSPS) is 28.9. The minimum atomic E-state index is 0. The highest BCUT2D eigenvalue weighted by atomic mass is 35.5. The van der Waals surface area contributed by atoms with E-state index in [4.69, 9.17) is 4.74 Å². The molecule has 5 nitrogen and oxygen atoms in total. The molecule has 31 heavy (non-hydrogen) atoms. The van der Waals surface area contributed by atoms with Crippen molar-refractivity contribution >= 4 is 24.0 Å². The molecule has 1 aliphatic carbocycles. The quantitative estimate of drug-likeness (QED) is 0.731. The lowest BCUT2D eigenvalue weighted by Crippen LogP contribution is -2.49. The van der Waals surface area contributed by atoms with Crippen LogP contribution in [0.4, 0.5) is 5.69 Å². The number of anilines is 1. The van der Waals surface area contributed by atoms with E-state index in [1.165, 1.54) is 11.1 Å². The van der Waals surface area contributed by atoms with Gasteiger partial charge in [0.1, 0.15) is 5.75 Å². The van der Waals surface area contributed by atoms with Gasteiger partial charge in [-0.05, 0) is 55.4 Å². The van der Waals surface area contributed by atoms with Gasteiger partial charge in [0, 0.05) is 48.9 Å². The van der Waals surface area contributed by atoms with Gasteiger partial charge < -0.3 is 20.3 Å². The predicted molar refractivity (Wildman–Crippen MR) is 126 cm³/mol. The van der Waals surface area contributed by atoms with Crippen LogP contribution in [-0.4, -0.2) is 32.1 Å². The summed E-state index contributed by atoms with van der Waals surface area (Å²) in [5.74, 6) is 1.73. The summed E-state index contributed by atoms with van der Waals surface area (Å²) in [6.45, 7) is 2.98. The summed E-state index contributed by atoms with van der Waals surface area (Å²) in [5.41, 5.74) is 4.74. The van der Waals surface area contributed by atoms with Crippen LogP contribution in [0, 0.1) is 5.92 Å². The van der Waals surface area contributed by atoms with E-state index < -0.39 is 0 Å². The van der Waals surface area contributed by atoms with Crippen LogP contribution in [0.1, 0.15) is 54.8 Å². The van der Waals surface area contributed by atoms with Crippen molar-refractivity contribution in [1.29, 1.82) is 0 Å². The summed E-state index contributed by atoms with van der Waals surface area (Å²) in [4.78, 5) is 14.3. The van der Waals surface area contributed by atoms with Gasteiger partial charge in [0.15, 0.2) is 0 Å². The maximum Gasteiger partial charge on any atom is 0.230 e. The number of nitrogens with one attached hydrogen (secondary N) is 2. The Morgan fingerprint density at radius 2 is 1.94 bits per heavy atom. The number of nitrogens with zero attached hydrogens (tertiary/aromatic N) is 1. The van der Waals surface area contributed by atoms with Gasteiger partial charge in [-0.3, -0.25) is 4.79 Å². The number of methoxy groups -OCH3 is 1. The number of hydrogen-bond acceptors (Lipinski definition) is 4. The highest BCUT2D eigenvalue weighted by molar-refractivity contribution is 6.01. The SMILES string of the molecule is COc1cc2c(cc1CN[C@@H]1CC[C@@H](C)N[C@@H]1c1ccccc1)N(C)C(=O)[C@H]1C[C@@H]21.Cl. The number of fused-ring (bicyclic) bond motifs is 3. The van der Waals surface area contributed by atoms with E-state index in [1.54, 1.807) is 7.11 Å². The Morgan fingerprint density at radius 1 is 1.16 bits per heavy atom. The second-order valence-corrected chi connectivity index (χ2v) is 9.09. The molecular weight excluding hydrogens is 410 g/mol. The molecule has 0 radical (unpaired) electrons. The summed E-state index contributed by atoms with van der Waals surface area (Å²) in [5, 5.41) is 7.57. The molecular formula is C25H32ClN3O2. The maximum absolute atomic E-state index is 12.5. The summed E-state index contributed by atoms with van der Waals surface area (Å²) in [6.07, 6.45) is 3.26. The lowest BCUT2D eigenvalue weighted by Gasteiger charge is -2.37. The molecule has 2 aliphatic heterocycles. The lowest BCUT2D eigenvalue weighted by atomic mass is 9.89. The van der Waals surface area contributed by atoms with Crippen molar-refractivity contribution in [2.45, 2.75) is 56.8 Å². The second-order valence-electron chi connectivity index (χ2n) is 9.09. The Morgan fingerprint density at radius 3 is 2.68 bits per heavy atom. The number of ether oxygens (including phenoxy) is 1. The molecule has 2 N–H and O–H groups in total. The third-order valence-electron chi connectivity index (χ3n) is 7.12. The van der Waals surface area contributed by atoms with Gasteiger partial charge in [-0.25, -0.2) is 0 Å². The Balaban J connectivity index is 0.00000231. The first-order valence-electron chi connectivity index (χ1n) is 11.1. The minimum absolute atomic E-state index is 0. The zero-order chi connectivity index (χ0) is 20.8. The largest absolute Gasteiger partial charge is 0.496 e. The Hall–Kier alpha value is -2.08. The molecule has 2 heterocycles. The summed E-state index contributed by atoms with van der Waals surface area (Å²) in [7, 11) is 3.64. The Bertz CT molecular complexity index is 951. The van der Waals surface area contributed by atoms with E-state index in [9.17, 15) is 4.79 Å². The van der Waals surface area contributed by atoms with Crippen LogP contribution in [0.25, 0.3) is 0 Å². The number of halogens is 1. The van der Waals surface area contributed by atoms with Gasteiger partial charge in [0.05, 0.1) is 7.11 Å². The zero-order valence-corrected chi connectivity index (χ0v) is 19.2. The van der Waals surface area contributed by atoms with Crippen molar-refractivity contribution in [2.75, 3.05) is 19.1 Å². The molecule has 2 aromatic carbocycles. The standard InChI is InChI=1S/C25H31N3O2.ClH/c1-15-9-10-21(24(27-15)16-7-5-4-6-8-16)26-14-17-11-22-19(13-23(17)30-3)18-12-20(18)25(29)28(22)2;/h4-8,11,13,15,18,20-21,24,26-27H,9-10,12,14H2,1-3H3;1H/t15-,18+,20+,21-,24-;/m1./s1. The average molecular weight is 442 g/mol.